The van der Waals surface area contributed by atoms with E-state index in [1.807, 2.05) is 20.8 Å². The van der Waals surface area contributed by atoms with Crippen molar-refractivity contribution in [1.29, 1.82) is 0 Å². The Morgan fingerprint density at radius 3 is 2.41 bits per heavy atom. The highest BCUT2D eigenvalue weighted by molar-refractivity contribution is 8.00. The monoisotopic (exact) mass is 285 g/mol. The van der Waals surface area contributed by atoms with Gasteiger partial charge in [0.15, 0.2) is 5.01 Å². The Kier molecular flexibility index (Phi) is 4.49. The van der Waals surface area contributed by atoms with Crippen LogP contribution in [-0.2, 0) is 6.18 Å². The van der Waals surface area contributed by atoms with Crippen molar-refractivity contribution in [2.75, 3.05) is 5.75 Å². The van der Waals surface area contributed by atoms with E-state index in [0.29, 0.717) is 17.1 Å². The Morgan fingerprint density at radius 2 is 2.00 bits per heavy atom. The molecule has 17 heavy (non-hydrogen) atoms. The molecule has 0 radical (unpaired) electrons. The minimum absolute atomic E-state index is 0.0292. The van der Waals surface area contributed by atoms with Gasteiger partial charge in [0.1, 0.15) is 0 Å². The fourth-order valence-corrected chi connectivity index (χ4v) is 2.69. The summed E-state index contributed by atoms with van der Waals surface area (Å²) in [5.41, 5.74) is 0. The number of aliphatic hydroxyl groups is 1. The predicted octanol–water partition coefficient (Wildman–Crippen LogP) is 3.73. The van der Waals surface area contributed by atoms with E-state index in [1.165, 1.54) is 11.8 Å². The average molecular weight is 285 g/mol. The van der Waals surface area contributed by atoms with E-state index in [-0.39, 0.29) is 9.62 Å². The largest absolute Gasteiger partial charge is 0.443 e. The van der Waals surface area contributed by atoms with Gasteiger partial charge < -0.3 is 5.11 Å². The standard InChI is InChI=1S/C10H14F3NOS2/c1-9(2,3)16-5-6(15)7-4-14-8(17-7)10(11,12)13/h4,6,15H,5H2,1-3H3. The summed E-state index contributed by atoms with van der Waals surface area (Å²) in [6.07, 6.45) is -4.23. The van der Waals surface area contributed by atoms with Crippen LogP contribution in [0.5, 0.6) is 0 Å². The molecule has 0 aliphatic rings. The molecule has 0 aliphatic carbocycles. The number of rotatable bonds is 3. The zero-order valence-electron chi connectivity index (χ0n) is 9.71. The molecular formula is C10H14F3NOS2. The molecule has 1 rings (SSSR count). The molecule has 0 bridgehead atoms. The normalized spacial score (nSPS) is 15.0. The van der Waals surface area contributed by atoms with Crippen molar-refractivity contribution < 1.29 is 18.3 Å². The molecule has 1 aromatic rings. The fraction of sp³-hybridized carbons (Fsp3) is 0.700. The highest BCUT2D eigenvalue weighted by Gasteiger charge is 2.35. The van der Waals surface area contributed by atoms with E-state index in [2.05, 4.69) is 4.98 Å². The molecule has 0 saturated heterocycles. The summed E-state index contributed by atoms with van der Waals surface area (Å²) >= 11 is 2.00. The van der Waals surface area contributed by atoms with Gasteiger partial charge in [-0.3, -0.25) is 0 Å². The molecule has 98 valence electrons. The highest BCUT2D eigenvalue weighted by atomic mass is 32.2. The highest BCUT2D eigenvalue weighted by Crippen LogP contribution is 2.36. The molecule has 0 amide bonds. The van der Waals surface area contributed by atoms with Gasteiger partial charge in [-0.1, -0.05) is 20.8 Å². The maximum Gasteiger partial charge on any atom is 0.443 e. The number of alkyl halides is 3. The Morgan fingerprint density at radius 1 is 1.41 bits per heavy atom. The SMILES string of the molecule is CC(C)(C)SCC(O)c1cnc(C(F)(F)F)s1. The first kappa shape index (κ1) is 14.8. The number of hydrogen-bond acceptors (Lipinski definition) is 4. The van der Waals surface area contributed by atoms with Crippen LogP contribution in [0, 0.1) is 0 Å². The number of aromatic nitrogens is 1. The van der Waals surface area contributed by atoms with Crippen LogP contribution in [0.1, 0.15) is 36.8 Å². The maximum absolute atomic E-state index is 12.3. The summed E-state index contributed by atoms with van der Waals surface area (Å²) in [6, 6.07) is 0. The van der Waals surface area contributed by atoms with E-state index in [1.54, 1.807) is 0 Å². The van der Waals surface area contributed by atoms with Crippen molar-refractivity contribution in [3.05, 3.63) is 16.1 Å². The first-order valence-electron chi connectivity index (χ1n) is 4.94. The third-order valence-electron chi connectivity index (χ3n) is 1.77. The Bertz CT molecular complexity index is 370. The number of thiazole rings is 1. The molecule has 1 aromatic heterocycles. The molecule has 0 aliphatic heterocycles. The quantitative estimate of drug-likeness (QED) is 0.918. The smallest absolute Gasteiger partial charge is 0.387 e. The summed E-state index contributed by atoms with van der Waals surface area (Å²) in [5.74, 6) is 0.364. The molecule has 1 N–H and O–H groups in total. The van der Waals surface area contributed by atoms with Gasteiger partial charge in [0.05, 0.1) is 11.0 Å². The number of nitrogens with zero attached hydrogens (tertiary/aromatic N) is 1. The van der Waals surface area contributed by atoms with Crippen LogP contribution in [-0.4, -0.2) is 20.6 Å². The molecule has 1 atom stereocenters. The summed E-state index contributed by atoms with van der Waals surface area (Å²) in [5, 5.41) is 8.84. The Balaban J connectivity index is 2.64. The molecule has 0 spiro atoms. The fourth-order valence-electron chi connectivity index (χ4n) is 0.983. The first-order valence-corrected chi connectivity index (χ1v) is 6.75. The van der Waals surface area contributed by atoms with E-state index >= 15 is 0 Å². The van der Waals surface area contributed by atoms with Crippen LogP contribution in [0.15, 0.2) is 6.20 Å². The van der Waals surface area contributed by atoms with Crippen molar-refractivity contribution >= 4 is 23.1 Å². The van der Waals surface area contributed by atoms with Gasteiger partial charge in [0, 0.05) is 16.7 Å². The van der Waals surface area contributed by atoms with Crippen molar-refractivity contribution in [3.8, 4) is 0 Å². The van der Waals surface area contributed by atoms with Crippen LogP contribution in [0.3, 0.4) is 0 Å². The van der Waals surface area contributed by atoms with Gasteiger partial charge in [0.25, 0.3) is 0 Å². The number of halogens is 3. The summed E-state index contributed by atoms with van der Waals surface area (Å²) < 4.78 is 36.9. The van der Waals surface area contributed by atoms with E-state index in [0.717, 1.165) is 6.20 Å². The number of thioether (sulfide) groups is 1. The van der Waals surface area contributed by atoms with E-state index in [4.69, 9.17) is 0 Å². The first-order chi connectivity index (χ1) is 7.59. The van der Waals surface area contributed by atoms with Crippen molar-refractivity contribution in [1.82, 2.24) is 4.98 Å². The van der Waals surface area contributed by atoms with Gasteiger partial charge in [0.2, 0.25) is 0 Å². The van der Waals surface area contributed by atoms with E-state index in [9.17, 15) is 18.3 Å². The third kappa shape index (κ3) is 4.85. The number of hydrogen-bond donors (Lipinski definition) is 1. The van der Waals surface area contributed by atoms with Crippen LogP contribution >= 0.6 is 23.1 Å². The number of aliphatic hydroxyl groups excluding tert-OH is 1. The molecule has 0 aromatic carbocycles. The lowest BCUT2D eigenvalue weighted by atomic mass is 10.3. The molecule has 2 nitrogen and oxygen atoms in total. The predicted molar refractivity (Wildman–Crippen MR) is 64.3 cm³/mol. The Labute approximate surface area is 106 Å². The zero-order valence-corrected chi connectivity index (χ0v) is 11.3. The molecule has 1 unspecified atom stereocenters. The second-order valence-corrected chi connectivity index (χ2v) is 7.41. The molecule has 0 saturated carbocycles. The van der Waals surface area contributed by atoms with Crippen molar-refractivity contribution in [3.63, 3.8) is 0 Å². The topological polar surface area (TPSA) is 33.1 Å². The lowest BCUT2D eigenvalue weighted by molar-refractivity contribution is -0.137. The second-order valence-electron chi connectivity index (χ2n) is 4.50. The van der Waals surface area contributed by atoms with Crippen LogP contribution in [0.4, 0.5) is 13.2 Å². The van der Waals surface area contributed by atoms with Gasteiger partial charge in [-0.2, -0.15) is 24.9 Å². The van der Waals surface area contributed by atoms with Gasteiger partial charge >= 0.3 is 6.18 Å². The Hall–Kier alpha value is -0.270. The minimum Gasteiger partial charge on any atom is -0.387 e. The summed E-state index contributed by atoms with van der Waals surface area (Å²) in [6.45, 7) is 5.95. The lowest BCUT2D eigenvalue weighted by Gasteiger charge is -2.19. The average Bonchev–Trinajstić information content (AvgIpc) is 2.60. The molecule has 1 heterocycles. The van der Waals surface area contributed by atoms with Crippen LogP contribution in [0.25, 0.3) is 0 Å². The minimum atomic E-state index is -4.43. The van der Waals surface area contributed by atoms with Crippen molar-refractivity contribution in [2.45, 2.75) is 37.8 Å². The lowest BCUT2D eigenvalue weighted by Crippen LogP contribution is -2.11. The maximum atomic E-state index is 12.3. The summed E-state index contributed by atoms with van der Waals surface area (Å²) in [4.78, 5) is 3.54. The second kappa shape index (κ2) is 5.16. The van der Waals surface area contributed by atoms with Crippen molar-refractivity contribution in [2.24, 2.45) is 0 Å². The summed E-state index contributed by atoms with van der Waals surface area (Å²) in [7, 11) is 0. The van der Waals surface area contributed by atoms with Crippen LogP contribution < -0.4 is 0 Å². The van der Waals surface area contributed by atoms with Gasteiger partial charge in [-0.05, 0) is 0 Å². The van der Waals surface area contributed by atoms with Gasteiger partial charge in [-0.25, -0.2) is 4.98 Å². The molecule has 7 heteroatoms. The zero-order chi connectivity index (χ0) is 13.3. The molecule has 0 fully saturated rings. The van der Waals surface area contributed by atoms with Gasteiger partial charge in [-0.15, -0.1) is 11.3 Å². The van der Waals surface area contributed by atoms with Crippen LogP contribution in [0.2, 0.25) is 0 Å². The third-order valence-corrected chi connectivity index (χ3v) is 4.26. The molecular weight excluding hydrogens is 271 g/mol. The van der Waals surface area contributed by atoms with E-state index < -0.39 is 17.3 Å².